The van der Waals surface area contributed by atoms with Crippen molar-refractivity contribution in [3.63, 3.8) is 0 Å². The first-order valence-electron chi connectivity index (χ1n) is 8.72. The van der Waals surface area contributed by atoms with Crippen LogP contribution in [0.2, 0.25) is 0 Å². The zero-order valence-corrected chi connectivity index (χ0v) is 13.0. The molecule has 21 heavy (non-hydrogen) atoms. The highest BCUT2D eigenvalue weighted by Gasteiger charge is 2.29. The van der Waals surface area contributed by atoms with E-state index >= 15 is 0 Å². The van der Waals surface area contributed by atoms with Gasteiger partial charge in [0.2, 0.25) is 0 Å². The minimum Gasteiger partial charge on any atom is -0.369 e. The monoisotopic (exact) mass is 285 g/mol. The van der Waals surface area contributed by atoms with Gasteiger partial charge in [0.1, 0.15) is 0 Å². The number of anilines is 1. The van der Waals surface area contributed by atoms with Crippen molar-refractivity contribution >= 4 is 5.69 Å². The first-order valence-corrected chi connectivity index (χ1v) is 8.72. The topological polar surface area (TPSA) is 18.5 Å². The van der Waals surface area contributed by atoms with Gasteiger partial charge in [-0.25, -0.2) is 0 Å². The van der Waals surface area contributed by atoms with E-state index in [1.807, 2.05) is 0 Å². The largest absolute Gasteiger partial charge is 0.369 e. The molecule has 4 rings (SSSR count). The zero-order valence-electron chi connectivity index (χ0n) is 13.0. The summed E-state index contributed by atoms with van der Waals surface area (Å²) in [6.07, 6.45) is 7.14. The third-order valence-corrected chi connectivity index (χ3v) is 5.53. The Kier molecular flexibility index (Phi) is 3.87. The summed E-state index contributed by atoms with van der Waals surface area (Å²) in [5.74, 6) is 0. The van der Waals surface area contributed by atoms with Crippen LogP contribution in [0.1, 0.15) is 43.2 Å². The number of hydrogen-bond donors (Lipinski definition) is 1. The van der Waals surface area contributed by atoms with E-state index in [0.717, 1.165) is 32.2 Å². The summed E-state index contributed by atoms with van der Waals surface area (Å²) in [5, 5.41) is 3.46. The Morgan fingerprint density at radius 1 is 0.952 bits per heavy atom. The van der Waals surface area contributed by atoms with E-state index in [1.165, 1.54) is 50.9 Å². The van der Waals surface area contributed by atoms with Crippen LogP contribution in [0.4, 0.5) is 5.69 Å². The zero-order chi connectivity index (χ0) is 14.1. The molecule has 1 aliphatic carbocycles. The SMILES string of the molecule is c1cc2c(c(N3CCNCC3)c1)CN(C1CCCCC1)C2. The smallest absolute Gasteiger partial charge is 0.0416 e. The fourth-order valence-corrected chi connectivity index (χ4v) is 4.34. The number of benzene rings is 1. The molecule has 0 unspecified atom stereocenters. The molecule has 114 valence electrons. The van der Waals surface area contributed by atoms with Gasteiger partial charge in [-0.2, -0.15) is 0 Å². The fraction of sp³-hybridized carbons (Fsp3) is 0.667. The van der Waals surface area contributed by atoms with Crippen molar-refractivity contribution < 1.29 is 0 Å². The molecule has 3 heteroatoms. The summed E-state index contributed by atoms with van der Waals surface area (Å²) in [4.78, 5) is 5.33. The Hall–Kier alpha value is -1.06. The van der Waals surface area contributed by atoms with E-state index in [0.29, 0.717) is 0 Å². The second-order valence-corrected chi connectivity index (χ2v) is 6.85. The first-order chi connectivity index (χ1) is 10.4. The lowest BCUT2D eigenvalue weighted by Gasteiger charge is -2.32. The van der Waals surface area contributed by atoms with Crippen LogP contribution in [-0.4, -0.2) is 37.1 Å². The molecule has 2 aliphatic heterocycles. The molecule has 0 atom stereocenters. The van der Waals surface area contributed by atoms with Gasteiger partial charge in [-0.15, -0.1) is 0 Å². The summed E-state index contributed by atoms with van der Waals surface area (Å²) in [6.45, 7) is 6.91. The van der Waals surface area contributed by atoms with Crippen molar-refractivity contribution in [2.24, 2.45) is 0 Å². The number of nitrogens with one attached hydrogen (secondary N) is 1. The second kappa shape index (κ2) is 5.98. The van der Waals surface area contributed by atoms with Crippen molar-refractivity contribution in [2.75, 3.05) is 31.1 Å². The summed E-state index contributed by atoms with van der Waals surface area (Å²) in [5.41, 5.74) is 4.70. The Morgan fingerprint density at radius 2 is 1.76 bits per heavy atom. The van der Waals surface area contributed by atoms with Crippen molar-refractivity contribution in [3.05, 3.63) is 29.3 Å². The van der Waals surface area contributed by atoms with E-state index in [-0.39, 0.29) is 0 Å². The minimum atomic E-state index is 0.835. The average molecular weight is 285 g/mol. The van der Waals surface area contributed by atoms with Crippen LogP contribution in [0, 0.1) is 0 Å². The predicted octanol–water partition coefficient (Wildman–Crippen LogP) is 2.74. The summed E-state index contributed by atoms with van der Waals surface area (Å²) in [7, 11) is 0. The van der Waals surface area contributed by atoms with Gasteiger partial charge in [-0.1, -0.05) is 31.4 Å². The van der Waals surface area contributed by atoms with Gasteiger partial charge in [-0.05, 0) is 30.0 Å². The maximum absolute atomic E-state index is 3.46. The summed E-state index contributed by atoms with van der Waals surface area (Å²) >= 11 is 0. The molecule has 0 radical (unpaired) electrons. The molecule has 0 aromatic heterocycles. The molecular weight excluding hydrogens is 258 g/mol. The van der Waals surface area contributed by atoms with E-state index < -0.39 is 0 Å². The van der Waals surface area contributed by atoms with Crippen LogP contribution in [0.15, 0.2) is 18.2 Å². The van der Waals surface area contributed by atoms with Crippen LogP contribution in [0.25, 0.3) is 0 Å². The molecule has 0 amide bonds. The van der Waals surface area contributed by atoms with Gasteiger partial charge < -0.3 is 10.2 Å². The lowest BCUT2D eigenvalue weighted by Crippen LogP contribution is -2.44. The van der Waals surface area contributed by atoms with Crippen LogP contribution in [0.3, 0.4) is 0 Å². The minimum absolute atomic E-state index is 0.835. The highest BCUT2D eigenvalue weighted by Crippen LogP contribution is 2.35. The summed E-state index contributed by atoms with van der Waals surface area (Å²) < 4.78 is 0. The highest BCUT2D eigenvalue weighted by molar-refractivity contribution is 5.58. The predicted molar refractivity (Wildman–Crippen MR) is 87.6 cm³/mol. The number of nitrogens with zero attached hydrogens (tertiary/aromatic N) is 2. The molecular formula is C18H27N3. The van der Waals surface area contributed by atoms with Crippen molar-refractivity contribution in [2.45, 2.75) is 51.2 Å². The van der Waals surface area contributed by atoms with Gasteiger partial charge >= 0.3 is 0 Å². The quantitative estimate of drug-likeness (QED) is 0.901. The Balaban J connectivity index is 1.54. The first kappa shape index (κ1) is 13.6. The molecule has 1 aromatic rings. The van der Waals surface area contributed by atoms with Crippen molar-refractivity contribution in [1.82, 2.24) is 10.2 Å². The third-order valence-electron chi connectivity index (χ3n) is 5.53. The highest BCUT2D eigenvalue weighted by atomic mass is 15.2. The van der Waals surface area contributed by atoms with Crippen LogP contribution < -0.4 is 10.2 Å². The number of fused-ring (bicyclic) bond motifs is 1. The van der Waals surface area contributed by atoms with Crippen LogP contribution >= 0.6 is 0 Å². The molecule has 2 fully saturated rings. The Labute approximate surface area is 128 Å². The maximum Gasteiger partial charge on any atom is 0.0416 e. The van der Waals surface area contributed by atoms with Gasteiger partial charge in [0.15, 0.2) is 0 Å². The van der Waals surface area contributed by atoms with E-state index in [1.54, 1.807) is 11.1 Å². The van der Waals surface area contributed by atoms with E-state index in [2.05, 4.69) is 33.3 Å². The van der Waals surface area contributed by atoms with Crippen LogP contribution in [-0.2, 0) is 13.1 Å². The van der Waals surface area contributed by atoms with Gasteiger partial charge in [0, 0.05) is 51.0 Å². The van der Waals surface area contributed by atoms with E-state index in [9.17, 15) is 0 Å². The second-order valence-electron chi connectivity index (χ2n) is 6.85. The molecule has 0 bridgehead atoms. The molecule has 2 heterocycles. The van der Waals surface area contributed by atoms with Gasteiger partial charge in [0.05, 0.1) is 0 Å². The molecule has 0 spiro atoms. The number of rotatable bonds is 2. The van der Waals surface area contributed by atoms with Crippen LogP contribution in [0.5, 0.6) is 0 Å². The van der Waals surface area contributed by atoms with Crippen molar-refractivity contribution in [3.8, 4) is 0 Å². The number of piperazine rings is 1. The van der Waals surface area contributed by atoms with Gasteiger partial charge in [-0.3, -0.25) is 4.90 Å². The average Bonchev–Trinajstić information content (AvgIpc) is 3.00. The molecule has 3 aliphatic rings. The Morgan fingerprint density at radius 3 is 2.57 bits per heavy atom. The number of hydrogen-bond acceptors (Lipinski definition) is 3. The van der Waals surface area contributed by atoms with E-state index in [4.69, 9.17) is 0 Å². The lowest BCUT2D eigenvalue weighted by molar-refractivity contribution is 0.156. The normalized spacial score (nSPS) is 24.3. The molecule has 1 N–H and O–H groups in total. The Bertz CT molecular complexity index is 487. The molecule has 1 saturated heterocycles. The molecule has 1 saturated carbocycles. The third kappa shape index (κ3) is 2.69. The van der Waals surface area contributed by atoms with Gasteiger partial charge in [0.25, 0.3) is 0 Å². The fourth-order valence-electron chi connectivity index (χ4n) is 4.34. The molecule has 3 nitrogen and oxygen atoms in total. The standard InChI is InChI=1S/C18H27N3/c1-2-6-16(7-3-1)21-13-15-5-4-8-18(17(15)14-21)20-11-9-19-10-12-20/h4-5,8,16,19H,1-3,6-7,9-14H2. The maximum atomic E-state index is 3.46. The summed E-state index contributed by atoms with van der Waals surface area (Å²) in [6, 6.07) is 7.79. The lowest BCUT2D eigenvalue weighted by atomic mass is 9.94. The van der Waals surface area contributed by atoms with Crippen molar-refractivity contribution in [1.29, 1.82) is 0 Å². The molecule has 1 aromatic carbocycles.